The first-order valence-corrected chi connectivity index (χ1v) is 10.0. The summed E-state index contributed by atoms with van der Waals surface area (Å²) in [5, 5.41) is 0. The number of hydrogen-bond donors (Lipinski definition) is 1. The van der Waals surface area contributed by atoms with E-state index in [1.54, 1.807) is 4.90 Å². The zero-order valence-electron chi connectivity index (χ0n) is 17.5. The molecule has 2 aliphatic rings. The molecule has 0 radical (unpaired) electrons. The molecule has 1 fully saturated rings. The van der Waals surface area contributed by atoms with E-state index in [-0.39, 0.29) is 24.5 Å². The van der Waals surface area contributed by atoms with Gasteiger partial charge in [0.25, 0.3) is 5.91 Å². The number of carbonyl (C=O) groups is 1. The van der Waals surface area contributed by atoms with Gasteiger partial charge in [-0.1, -0.05) is 12.1 Å². The summed E-state index contributed by atoms with van der Waals surface area (Å²) in [6.07, 6.45) is -0.616. The molecular formula is C20H27N7O3. The van der Waals surface area contributed by atoms with Crippen LogP contribution in [-0.4, -0.2) is 83.6 Å². The lowest BCUT2D eigenvalue weighted by Crippen LogP contribution is -2.54. The van der Waals surface area contributed by atoms with Gasteiger partial charge in [0.1, 0.15) is 6.61 Å². The Bertz CT molecular complexity index is 915. The van der Waals surface area contributed by atoms with Gasteiger partial charge < -0.3 is 25.0 Å². The topological polar surface area (TPSA) is 110 Å². The number of nitrogens with two attached hydrogens (primary N) is 1. The second-order valence-corrected chi connectivity index (χ2v) is 7.65. The number of nitrogens with zero attached hydrogens (tertiary/aromatic N) is 6. The van der Waals surface area contributed by atoms with Crippen LogP contribution in [0.25, 0.3) is 0 Å². The molecule has 160 valence electrons. The molecule has 0 spiro atoms. The minimum atomic E-state index is -0.616. The van der Waals surface area contributed by atoms with Crippen LogP contribution in [0, 0.1) is 0 Å². The molecule has 0 saturated carbocycles. The number of para-hydroxylation sites is 2. The summed E-state index contributed by atoms with van der Waals surface area (Å²) in [5.74, 6) is 2.61. The highest BCUT2D eigenvalue weighted by Crippen LogP contribution is 2.31. The van der Waals surface area contributed by atoms with Gasteiger partial charge in [-0.3, -0.25) is 9.69 Å². The van der Waals surface area contributed by atoms with Crippen LogP contribution >= 0.6 is 0 Å². The summed E-state index contributed by atoms with van der Waals surface area (Å²) in [6, 6.07) is 7.37. The summed E-state index contributed by atoms with van der Waals surface area (Å²) in [7, 11) is 3.73. The average molecular weight is 413 g/mol. The third kappa shape index (κ3) is 4.09. The Hall–Kier alpha value is -3.14. The molecule has 10 nitrogen and oxygen atoms in total. The Morgan fingerprint density at radius 3 is 2.53 bits per heavy atom. The minimum Gasteiger partial charge on any atom is -0.485 e. The molecule has 4 rings (SSSR count). The first-order chi connectivity index (χ1) is 14.4. The fraction of sp³-hybridized carbons (Fsp3) is 0.500. The number of rotatable bonds is 4. The van der Waals surface area contributed by atoms with Crippen molar-refractivity contribution in [3.05, 3.63) is 30.1 Å². The van der Waals surface area contributed by atoms with Crippen molar-refractivity contribution in [1.29, 1.82) is 0 Å². The lowest BCUT2D eigenvalue weighted by molar-refractivity contribution is -0.143. The molecule has 0 unspecified atom stereocenters. The van der Waals surface area contributed by atoms with E-state index in [1.165, 1.54) is 0 Å². The molecule has 1 aromatic heterocycles. The predicted molar refractivity (Wildman–Crippen MR) is 111 cm³/mol. The Labute approximate surface area is 175 Å². The number of benzene rings is 1. The average Bonchev–Trinajstić information content (AvgIpc) is 2.77. The lowest BCUT2D eigenvalue weighted by atomic mass is 10.2. The van der Waals surface area contributed by atoms with E-state index in [1.807, 2.05) is 50.2 Å². The highest BCUT2D eigenvalue weighted by Gasteiger charge is 2.34. The molecular weight excluding hydrogens is 386 g/mol. The molecule has 30 heavy (non-hydrogen) atoms. The normalized spacial score (nSPS) is 20.0. The van der Waals surface area contributed by atoms with Gasteiger partial charge in [-0.05, 0) is 19.1 Å². The SMILES string of the molecule is C[C@H](c1nc(N)nc(N(C)C)n1)N1CCN(C(=O)[C@H]2COc3ccccc3O2)CC1. The summed E-state index contributed by atoms with van der Waals surface area (Å²) in [4.78, 5) is 31.8. The number of fused-ring (bicyclic) bond motifs is 1. The van der Waals surface area contributed by atoms with Crippen molar-refractivity contribution in [3.63, 3.8) is 0 Å². The van der Waals surface area contributed by atoms with E-state index >= 15 is 0 Å². The third-order valence-electron chi connectivity index (χ3n) is 5.39. The van der Waals surface area contributed by atoms with E-state index in [0.717, 1.165) is 0 Å². The van der Waals surface area contributed by atoms with Crippen LogP contribution in [0.4, 0.5) is 11.9 Å². The molecule has 2 atom stereocenters. The van der Waals surface area contributed by atoms with Gasteiger partial charge >= 0.3 is 0 Å². The first kappa shape index (κ1) is 20.1. The van der Waals surface area contributed by atoms with Crippen molar-refractivity contribution < 1.29 is 14.3 Å². The zero-order valence-corrected chi connectivity index (χ0v) is 17.5. The quantitative estimate of drug-likeness (QED) is 0.769. The van der Waals surface area contributed by atoms with Crippen molar-refractivity contribution >= 4 is 17.8 Å². The zero-order chi connectivity index (χ0) is 21.3. The largest absolute Gasteiger partial charge is 0.485 e. The van der Waals surface area contributed by atoms with Gasteiger partial charge in [-0.2, -0.15) is 15.0 Å². The van der Waals surface area contributed by atoms with E-state index in [9.17, 15) is 4.79 Å². The molecule has 10 heteroatoms. The van der Waals surface area contributed by atoms with E-state index in [4.69, 9.17) is 15.2 Å². The van der Waals surface area contributed by atoms with Crippen molar-refractivity contribution in [3.8, 4) is 11.5 Å². The Morgan fingerprint density at radius 1 is 1.13 bits per heavy atom. The number of anilines is 2. The summed E-state index contributed by atoms with van der Waals surface area (Å²) in [6.45, 7) is 4.89. The second-order valence-electron chi connectivity index (χ2n) is 7.65. The number of aromatic nitrogens is 3. The molecule has 1 amide bonds. The van der Waals surface area contributed by atoms with Crippen LogP contribution in [0.3, 0.4) is 0 Å². The Balaban J connectivity index is 1.36. The van der Waals surface area contributed by atoms with Crippen molar-refractivity contribution in [2.45, 2.75) is 19.1 Å². The van der Waals surface area contributed by atoms with Crippen LogP contribution in [-0.2, 0) is 4.79 Å². The van der Waals surface area contributed by atoms with Crippen molar-refractivity contribution in [1.82, 2.24) is 24.8 Å². The maximum atomic E-state index is 12.9. The van der Waals surface area contributed by atoms with E-state index in [2.05, 4.69) is 19.9 Å². The van der Waals surface area contributed by atoms with Gasteiger partial charge in [-0.15, -0.1) is 0 Å². The molecule has 2 aliphatic heterocycles. The summed E-state index contributed by atoms with van der Waals surface area (Å²) < 4.78 is 11.5. The van der Waals surface area contributed by atoms with Crippen LogP contribution in [0.5, 0.6) is 11.5 Å². The highest BCUT2D eigenvalue weighted by atomic mass is 16.6. The van der Waals surface area contributed by atoms with Gasteiger partial charge in [0.2, 0.25) is 18.0 Å². The van der Waals surface area contributed by atoms with Crippen LogP contribution in [0.1, 0.15) is 18.8 Å². The number of amides is 1. The lowest BCUT2D eigenvalue weighted by Gasteiger charge is -2.39. The maximum absolute atomic E-state index is 12.9. The maximum Gasteiger partial charge on any atom is 0.267 e. The van der Waals surface area contributed by atoms with Crippen LogP contribution < -0.4 is 20.1 Å². The molecule has 0 aliphatic carbocycles. The number of piperazine rings is 1. The number of nitrogen functional groups attached to an aromatic ring is 1. The van der Waals surface area contributed by atoms with Gasteiger partial charge in [0, 0.05) is 40.3 Å². The fourth-order valence-electron chi connectivity index (χ4n) is 3.62. The number of hydrogen-bond acceptors (Lipinski definition) is 9. The third-order valence-corrected chi connectivity index (χ3v) is 5.39. The minimum absolute atomic E-state index is 0.0348. The van der Waals surface area contributed by atoms with E-state index < -0.39 is 6.10 Å². The van der Waals surface area contributed by atoms with E-state index in [0.29, 0.717) is 49.5 Å². The second kappa shape index (κ2) is 8.31. The van der Waals surface area contributed by atoms with Gasteiger partial charge in [0.15, 0.2) is 17.3 Å². The Kier molecular flexibility index (Phi) is 5.58. The predicted octanol–water partition coefficient (Wildman–Crippen LogP) is 0.565. The molecule has 0 bridgehead atoms. The summed E-state index contributed by atoms with van der Waals surface area (Å²) >= 11 is 0. The smallest absolute Gasteiger partial charge is 0.267 e. The van der Waals surface area contributed by atoms with Crippen LogP contribution in [0.2, 0.25) is 0 Å². The molecule has 1 saturated heterocycles. The molecule has 2 N–H and O–H groups in total. The first-order valence-electron chi connectivity index (χ1n) is 10.0. The molecule has 3 heterocycles. The highest BCUT2D eigenvalue weighted by molar-refractivity contribution is 5.82. The number of ether oxygens (including phenoxy) is 2. The Morgan fingerprint density at radius 2 is 1.83 bits per heavy atom. The van der Waals surface area contributed by atoms with Crippen LogP contribution in [0.15, 0.2) is 24.3 Å². The standard InChI is InChI=1S/C20H27N7O3/c1-13(17-22-19(21)24-20(23-17)25(2)3)26-8-10-27(11-9-26)18(28)16-12-29-14-6-4-5-7-15(14)30-16/h4-7,13,16H,8-12H2,1-3H3,(H2,21,22,23,24)/t13-,16-/m1/s1. The van der Waals surface area contributed by atoms with Gasteiger partial charge in [-0.25, -0.2) is 0 Å². The monoisotopic (exact) mass is 413 g/mol. The van der Waals surface area contributed by atoms with Crippen molar-refractivity contribution in [2.24, 2.45) is 0 Å². The number of carbonyl (C=O) groups excluding carboxylic acids is 1. The molecule has 1 aromatic carbocycles. The van der Waals surface area contributed by atoms with Gasteiger partial charge in [0.05, 0.1) is 6.04 Å². The molecule has 2 aromatic rings. The summed E-state index contributed by atoms with van der Waals surface area (Å²) in [5.41, 5.74) is 5.86. The van der Waals surface area contributed by atoms with Crippen molar-refractivity contribution in [2.75, 3.05) is 57.5 Å². The fourth-order valence-corrected chi connectivity index (χ4v) is 3.62.